The number of fused-ring (bicyclic) bond motifs is 1. The summed E-state index contributed by atoms with van der Waals surface area (Å²) in [4.78, 5) is 4.34. The van der Waals surface area contributed by atoms with Crippen LogP contribution in [-0.2, 0) is 0 Å². The Bertz CT molecular complexity index is 528. The zero-order valence-electron chi connectivity index (χ0n) is 9.14. The van der Waals surface area contributed by atoms with E-state index in [1.165, 1.54) is 0 Å². The fourth-order valence-electron chi connectivity index (χ4n) is 1.70. The molecule has 0 radical (unpaired) electrons. The van der Waals surface area contributed by atoms with Crippen LogP contribution in [-0.4, -0.2) is 29.3 Å². The van der Waals surface area contributed by atoms with Gasteiger partial charge in [0, 0.05) is 11.1 Å². The summed E-state index contributed by atoms with van der Waals surface area (Å²) < 4.78 is 5.19. The molecule has 0 aliphatic carbocycles. The Labute approximate surface area is 93.7 Å². The molecule has 0 atom stereocenters. The van der Waals surface area contributed by atoms with Gasteiger partial charge in [-0.2, -0.15) is 0 Å². The van der Waals surface area contributed by atoms with Gasteiger partial charge in [-0.05, 0) is 24.5 Å². The first kappa shape index (κ1) is 10.9. The summed E-state index contributed by atoms with van der Waals surface area (Å²) in [5.41, 5.74) is 1.94. The molecule has 4 nitrogen and oxygen atoms in total. The highest BCUT2D eigenvalue weighted by Gasteiger charge is 2.17. The maximum absolute atomic E-state index is 9.24. The molecule has 5 heteroatoms. The average Bonchev–Trinajstić information content (AvgIpc) is 2.27. The van der Waals surface area contributed by atoms with Crippen LogP contribution in [0.4, 0.5) is 0 Å². The number of nitrogens with zero attached hydrogens (tertiary/aromatic N) is 1. The minimum Gasteiger partial charge on any atom is -0.494 e. The van der Waals surface area contributed by atoms with Crippen molar-refractivity contribution in [1.29, 1.82) is 0 Å². The summed E-state index contributed by atoms with van der Waals surface area (Å²) in [5.74, 6) is 0.628. The minimum atomic E-state index is -1.50. The molecule has 0 spiro atoms. The topological polar surface area (TPSA) is 62.6 Å². The van der Waals surface area contributed by atoms with Gasteiger partial charge in [0.25, 0.3) is 0 Å². The number of hydrogen-bond donors (Lipinski definition) is 2. The van der Waals surface area contributed by atoms with Gasteiger partial charge in [-0.15, -0.1) is 0 Å². The van der Waals surface area contributed by atoms with Gasteiger partial charge >= 0.3 is 7.12 Å². The molecule has 82 valence electrons. The molecular formula is C11H12BNO3. The fraction of sp³-hybridized carbons (Fsp3) is 0.182. The highest BCUT2D eigenvalue weighted by molar-refractivity contribution is 6.62. The molecule has 0 aliphatic heterocycles. The molecule has 0 aliphatic rings. The molecule has 1 aromatic heterocycles. The van der Waals surface area contributed by atoms with E-state index in [-0.39, 0.29) is 0 Å². The Morgan fingerprint density at radius 3 is 2.56 bits per heavy atom. The van der Waals surface area contributed by atoms with E-state index in [1.54, 1.807) is 19.2 Å². The first-order valence-electron chi connectivity index (χ1n) is 4.94. The van der Waals surface area contributed by atoms with Gasteiger partial charge in [-0.3, -0.25) is 0 Å². The summed E-state index contributed by atoms with van der Waals surface area (Å²) in [6.07, 6.45) is 0. The van der Waals surface area contributed by atoms with Crippen molar-refractivity contribution in [3.8, 4) is 5.75 Å². The van der Waals surface area contributed by atoms with Crippen LogP contribution in [0.25, 0.3) is 10.9 Å². The quantitative estimate of drug-likeness (QED) is 0.707. The molecule has 0 amide bonds. The fourth-order valence-corrected chi connectivity index (χ4v) is 1.70. The maximum atomic E-state index is 9.24. The Hall–Kier alpha value is -1.59. The summed E-state index contributed by atoms with van der Waals surface area (Å²) in [5, 5.41) is 19.2. The molecule has 16 heavy (non-hydrogen) atoms. The lowest BCUT2D eigenvalue weighted by Crippen LogP contribution is -2.30. The highest BCUT2D eigenvalue weighted by atomic mass is 16.5. The largest absolute Gasteiger partial charge is 0.494 e. The molecule has 0 bridgehead atoms. The molecule has 0 saturated carbocycles. The lowest BCUT2D eigenvalue weighted by Gasteiger charge is -2.09. The van der Waals surface area contributed by atoms with Gasteiger partial charge in [0.05, 0.1) is 7.11 Å². The summed E-state index contributed by atoms with van der Waals surface area (Å²) >= 11 is 0. The molecular weight excluding hydrogens is 205 g/mol. The van der Waals surface area contributed by atoms with Crippen LogP contribution < -0.4 is 10.2 Å². The van der Waals surface area contributed by atoms with Gasteiger partial charge in [0.1, 0.15) is 11.3 Å². The van der Waals surface area contributed by atoms with Crippen molar-refractivity contribution in [1.82, 2.24) is 4.98 Å². The molecule has 0 unspecified atom stereocenters. The van der Waals surface area contributed by atoms with Gasteiger partial charge in [-0.1, -0.05) is 12.1 Å². The van der Waals surface area contributed by atoms with Gasteiger partial charge in [0.15, 0.2) is 0 Å². The van der Waals surface area contributed by atoms with E-state index in [9.17, 15) is 10.0 Å². The first-order valence-corrected chi connectivity index (χ1v) is 4.94. The second-order valence-corrected chi connectivity index (χ2v) is 3.58. The summed E-state index contributed by atoms with van der Waals surface area (Å²) in [6.45, 7) is 1.88. The average molecular weight is 217 g/mol. The monoisotopic (exact) mass is 217 g/mol. The number of rotatable bonds is 2. The number of hydrogen-bond acceptors (Lipinski definition) is 4. The number of methoxy groups -OCH3 is 1. The molecule has 1 heterocycles. The number of aryl methyl sites for hydroxylation is 1. The second kappa shape index (κ2) is 4.12. The van der Waals surface area contributed by atoms with Crippen LogP contribution in [0.5, 0.6) is 5.75 Å². The minimum absolute atomic E-state index is 0.434. The SMILES string of the molecule is COc1ccc(B(O)O)c2ccc(C)nc12. The van der Waals surface area contributed by atoms with Gasteiger partial charge in [-0.25, -0.2) is 4.98 Å². The summed E-state index contributed by atoms with van der Waals surface area (Å²) in [6, 6.07) is 6.95. The lowest BCUT2D eigenvalue weighted by molar-refractivity contribution is 0.418. The second-order valence-electron chi connectivity index (χ2n) is 3.58. The van der Waals surface area contributed by atoms with Crippen LogP contribution in [0.3, 0.4) is 0 Å². The van der Waals surface area contributed by atoms with Crippen LogP contribution in [0.2, 0.25) is 0 Å². The van der Waals surface area contributed by atoms with E-state index in [2.05, 4.69) is 4.98 Å². The zero-order chi connectivity index (χ0) is 11.7. The Morgan fingerprint density at radius 2 is 1.94 bits per heavy atom. The van der Waals surface area contributed by atoms with Crippen molar-refractivity contribution in [3.05, 3.63) is 30.0 Å². The predicted octanol–water partition coefficient (Wildman–Crippen LogP) is 0.232. The predicted molar refractivity (Wildman–Crippen MR) is 62.9 cm³/mol. The lowest BCUT2D eigenvalue weighted by atomic mass is 9.77. The number of benzene rings is 1. The Kier molecular flexibility index (Phi) is 2.81. The normalized spacial score (nSPS) is 10.5. The van der Waals surface area contributed by atoms with E-state index in [4.69, 9.17) is 4.74 Å². The zero-order valence-corrected chi connectivity index (χ0v) is 9.14. The Morgan fingerprint density at radius 1 is 1.19 bits per heavy atom. The van der Waals surface area contributed by atoms with Crippen molar-refractivity contribution < 1.29 is 14.8 Å². The maximum Gasteiger partial charge on any atom is 0.489 e. The first-order chi connectivity index (χ1) is 7.63. The molecule has 2 aromatic rings. The van der Waals surface area contributed by atoms with Crippen LogP contribution in [0.1, 0.15) is 5.69 Å². The smallest absolute Gasteiger partial charge is 0.489 e. The number of ether oxygens (including phenoxy) is 1. The number of aromatic nitrogens is 1. The van der Waals surface area contributed by atoms with E-state index >= 15 is 0 Å². The number of pyridine rings is 1. The molecule has 2 rings (SSSR count). The summed E-state index contributed by atoms with van der Waals surface area (Å²) in [7, 11) is 0.0614. The third-order valence-electron chi connectivity index (χ3n) is 2.49. The van der Waals surface area contributed by atoms with Crippen LogP contribution >= 0.6 is 0 Å². The molecule has 0 fully saturated rings. The van der Waals surface area contributed by atoms with Gasteiger partial charge < -0.3 is 14.8 Å². The highest BCUT2D eigenvalue weighted by Crippen LogP contribution is 2.22. The molecule has 2 N–H and O–H groups in total. The van der Waals surface area contributed by atoms with Crippen molar-refractivity contribution >= 4 is 23.5 Å². The van der Waals surface area contributed by atoms with Crippen molar-refractivity contribution in [3.63, 3.8) is 0 Å². The van der Waals surface area contributed by atoms with E-state index in [0.717, 1.165) is 5.69 Å². The van der Waals surface area contributed by atoms with Crippen LogP contribution in [0, 0.1) is 6.92 Å². The van der Waals surface area contributed by atoms with E-state index < -0.39 is 7.12 Å². The van der Waals surface area contributed by atoms with Crippen LogP contribution in [0.15, 0.2) is 24.3 Å². The Balaban J connectivity index is 2.80. The molecule has 0 saturated heterocycles. The van der Waals surface area contributed by atoms with E-state index in [0.29, 0.717) is 22.1 Å². The van der Waals surface area contributed by atoms with Crippen molar-refractivity contribution in [2.75, 3.05) is 7.11 Å². The van der Waals surface area contributed by atoms with Crippen molar-refractivity contribution in [2.24, 2.45) is 0 Å². The van der Waals surface area contributed by atoms with Gasteiger partial charge in [0.2, 0.25) is 0 Å². The van der Waals surface area contributed by atoms with Crippen molar-refractivity contribution in [2.45, 2.75) is 6.92 Å². The van der Waals surface area contributed by atoms with E-state index in [1.807, 2.05) is 19.1 Å². The standard InChI is InChI=1S/C11H12BNO3/c1-7-3-4-8-9(12(14)15)5-6-10(16-2)11(8)13-7/h3-6,14-15H,1-2H3. The third kappa shape index (κ3) is 1.75. The third-order valence-corrected chi connectivity index (χ3v) is 2.49. The molecule has 1 aromatic carbocycles.